The van der Waals surface area contributed by atoms with Crippen LogP contribution in [0.2, 0.25) is 0 Å². The second kappa shape index (κ2) is 7.48. The number of aryl methyl sites for hydroxylation is 1. The molecule has 0 spiro atoms. The monoisotopic (exact) mass is 454 g/mol. The van der Waals surface area contributed by atoms with E-state index in [9.17, 15) is 14.4 Å². The largest absolute Gasteiger partial charge is 0.459 e. The van der Waals surface area contributed by atoms with Gasteiger partial charge in [0.2, 0.25) is 5.91 Å². The first-order valence-electron chi connectivity index (χ1n) is 9.30. The number of carbonyl (C=O) groups is 3. The molecule has 4 rings (SSSR count). The highest BCUT2D eigenvalue weighted by molar-refractivity contribution is 9.10. The number of carbonyl (C=O) groups excluding carboxylic acids is 3. The van der Waals surface area contributed by atoms with Crippen molar-refractivity contribution in [1.29, 1.82) is 0 Å². The standard InChI is InChI=1S/C22H19BrN2O4/c1-12-15-5-3-4-6-18(15)29-20(12)13(2)24-19(26)9-10-25-21(27)16-8-7-14(23)11-17(16)22(25)28/h3-8,11,13H,9-10H2,1-2H3,(H,24,26). The van der Waals surface area contributed by atoms with Crippen molar-refractivity contribution in [2.45, 2.75) is 26.3 Å². The summed E-state index contributed by atoms with van der Waals surface area (Å²) in [5.41, 5.74) is 2.48. The minimum absolute atomic E-state index is 0.0241. The van der Waals surface area contributed by atoms with Gasteiger partial charge in [-0.3, -0.25) is 19.3 Å². The third kappa shape index (κ3) is 3.46. The van der Waals surface area contributed by atoms with Crippen LogP contribution in [0, 0.1) is 6.92 Å². The summed E-state index contributed by atoms with van der Waals surface area (Å²) in [7, 11) is 0. The van der Waals surface area contributed by atoms with Gasteiger partial charge in [-0.25, -0.2) is 0 Å². The average Bonchev–Trinajstić information content (AvgIpc) is 3.15. The lowest BCUT2D eigenvalue weighted by Crippen LogP contribution is -2.35. The van der Waals surface area contributed by atoms with Crippen LogP contribution in [-0.4, -0.2) is 29.2 Å². The molecule has 0 saturated carbocycles. The molecule has 0 radical (unpaired) electrons. The molecule has 7 heteroatoms. The summed E-state index contributed by atoms with van der Waals surface area (Å²) in [6.07, 6.45) is 0.0241. The van der Waals surface area contributed by atoms with Crippen LogP contribution in [-0.2, 0) is 4.79 Å². The van der Waals surface area contributed by atoms with E-state index in [0.29, 0.717) is 16.9 Å². The molecule has 1 aliphatic heterocycles. The molecule has 148 valence electrons. The highest BCUT2D eigenvalue weighted by Crippen LogP contribution is 2.29. The topological polar surface area (TPSA) is 79.6 Å². The number of benzene rings is 2. The van der Waals surface area contributed by atoms with E-state index in [1.807, 2.05) is 38.1 Å². The number of para-hydroxylation sites is 1. The maximum absolute atomic E-state index is 12.5. The zero-order valence-corrected chi connectivity index (χ0v) is 17.6. The van der Waals surface area contributed by atoms with E-state index in [4.69, 9.17) is 4.42 Å². The summed E-state index contributed by atoms with van der Waals surface area (Å²) in [5, 5.41) is 3.91. The van der Waals surface area contributed by atoms with Gasteiger partial charge >= 0.3 is 0 Å². The average molecular weight is 455 g/mol. The lowest BCUT2D eigenvalue weighted by atomic mass is 10.1. The number of imide groups is 1. The minimum Gasteiger partial charge on any atom is -0.459 e. The summed E-state index contributed by atoms with van der Waals surface area (Å²) in [4.78, 5) is 38.5. The van der Waals surface area contributed by atoms with E-state index >= 15 is 0 Å². The van der Waals surface area contributed by atoms with Gasteiger partial charge in [-0.1, -0.05) is 34.1 Å². The molecule has 1 N–H and O–H groups in total. The number of amides is 3. The van der Waals surface area contributed by atoms with Gasteiger partial charge in [-0.2, -0.15) is 0 Å². The molecule has 29 heavy (non-hydrogen) atoms. The predicted octanol–water partition coefficient (Wildman–Crippen LogP) is 4.37. The Hall–Kier alpha value is -2.93. The molecule has 3 aromatic rings. The number of halogens is 1. The summed E-state index contributed by atoms with van der Waals surface area (Å²) < 4.78 is 6.62. The number of nitrogens with zero attached hydrogens (tertiary/aromatic N) is 1. The number of furan rings is 1. The quantitative estimate of drug-likeness (QED) is 0.580. The molecular formula is C22H19BrN2O4. The minimum atomic E-state index is -0.375. The fourth-order valence-corrected chi connectivity index (χ4v) is 4.03. The zero-order chi connectivity index (χ0) is 20.7. The molecular weight excluding hydrogens is 436 g/mol. The van der Waals surface area contributed by atoms with Crippen molar-refractivity contribution in [3.8, 4) is 0 Å². The van der Waals surface area contributed by atoms with Crippen molar-refractivity contribution in [3.05, 3.63) is 69.4 Å². The second-order valence-corrected chi connectivity index (χ2v) is 7.99. The Morgan fingerprint density at radius 2 is 1.86 bits per heavy atom. The maximum atomic E-state index is 12.5. The van der Waals surface area contributed by atoms with Gasteiger partial charge in [0.15, 0.2) is 0 Å². The van der Waals surface area contributed by atoms with E-state index in [1.54, 1.807) is 18.2 Å². The van der Waals surface area contributed by atoms with Crippen LogP contribution in [0.1, 0.15) is 51.4 Å². The highest BCUT2D eigenvalue weighted by Gasteiger charge is 2.35. The Balaban J connectivity index is 1.41. The summed E-state index contributed by atoms with van der Waals surface area (Å²) in [6, 6.07) is 12.4. The Labute approximate surface area is 176 Å². The van der Waals surface area contributed by atoms with Crippen LogP contribution in [0.3, 0.4) is 0 Å². The van der Waals surface area contributed by atoms with Crippen molar-refractivity contribution in [2.24, 2.45) is 0 Å². The number of hydrogen-bond acceptors (Lipinski definition) is 4. The highest BCUT2D eigenvalue weighted by atomic mass is 79.9. The fourth-order valence-electron chi connectivity index (χ4n) is 3.66. The van der Waals surface area contributed by atoms with E-state index in [-0.39, 0.29) is 36.7 Å². The molecule has 2 heterocycles. The Kier molecular flexibility index (Phi) is 5.00. The lowest BCUT2D eigenvalue weighted by Gasteiger charge is -2.16. The molecule has 1 atom stereocenters. The van der Waals surface area contributed by atoms with Gasteiger partial charge in [-0.15, -0.1) is 0 Å². The smallest absolute Gasteiger partial charge is 0.261 e. The number of rotatable bonds is 5. The molecule has 6 nitrogen and oxygen atoms in total. The van der Waals surface area contributed by atoms with Gasteiger partial charge < -0.3 is 9.73 Å². The van der Waals surface area contributed by atoms with Gasteiger partial charge in [0.25, 0.3) is 11.8 Å². The van der Waals surface area contributed by atoms with Crippen molar-refractivity contribution < 1.29 is 18.8 Å². The van der Waals surface area contributed by atoms with Gasteiger partial charge in [0, 0.05) is 28.4 Å². The third-order valence-electron chi connectivity index (χ3n) is 5.15. The lowest BCUT2D eigenvalue weighted by molar-refractivity contribution is -0.121. The number of hydrogen-bond donors (Lipinski definition) is 1. The van der Waals surface area contributed by atoms with Gasteiger partial charge in [0.05, 0.1) is 17.2 Å². The SMILES string of the molecule is Cc1c(C(C)NC(=O)CCN2C(=O)c3ccc(Br)cc3C2=O)oc2ccccc12. The van der Waals surface area contributed by atoms with E-state index < -0.39 is 0 Å². The van der Waals surface area contributed by atoms with Gasteiger partial charge in [-0.05, 0) is 38.1 Å². The van der Waals surface area contributed by atoms with Crippen LogP contribution in [0.25, 0.3) is 11.0 Å². The van der Waals surface area contributed by atoms with Crippen molar-refractivity contribution in [3.63, 3.8) is 0 Å². The Bertz CT molecular complexity index is 1150. The second-order valence-electron chi connectivity index (χ2n) is 7.08. The fraction of sp³-hybridized carbons (Fsp3) is 0.227. The summed E-state index contributed by atoms with van der Waals surface area (Å²) in [5.74, 6) is -0.299. The van der Waals surface area contributed by atoms with Crippen molar-refractivity contribution in [2.75, 3.05) is 6.54 Å². The van der Waals surface area contributed by atoms with Crippen LogP contribution >= 0.6 is 15.9 Å². The Morgan fingerprint density at radius 1 is 1.14 bits per heavy atom. The van der Waals surface area contributed by atoms with Crippen LogP contribution in [0.15, 0.2) is 51.4 Å². The number of fused-ring (bicyclic) bond motifs is 2. The summed E-state index contributed by atoms with van der Waals surface area (Å²) >= 11 is 3.31. The van der Waals surface area contributed by atoms with Crippen LogP contribution < -0.4 is 5.32 Å². The first-order valence-corrected chi connectivity index (χ1v) is 10.1. The van der Waals surface area contributed by atoms with Gasteiger partial charge in [0.1, 0.15) is 11.3 Å². The molecule has 1 aliphatic rings. The molecule has 0 bridgehead atoms. The van der Waals surface area contributed by atoms with E-state index in [0.717, 1.165) is 25.9 Å². The summed E-state index contributed by atoms with van der Waals surface area (Å²) in [6.45, 7) is 3.84. The van der Waals surface area contributed by atoms with E-state index in [2.05, 4.69) is 21.2 Å². The van der Waals surface area contributed by atoms with E-state index in [1.165, 1.54) is 0 Å². The van der Waals surface area contributed by atoms with Crippen LogP contribution in [0.5, 0.6) is 0 Å². The van der Waals surface area contributed by atoms with Crippen molar-refractivity contribution in [1.82, 2.24) is 10.2 Å². The molecule has 3 amide bonds. The predicted molar refractivity (Wildman–Crippen MR) is 112 cm³/mol. The third-order valence-corrected chi connectivity index (χ3v) is 5.64. The van der Waals surface area contributed by atoms with Crippen LogP contribution in [0.4, 0.5) is 0 Å². The zero-order valence-electron chi connectivity index (χ0n) is 16.0. The molecule has 1 unspecified atom stereocenters. The number of nitrogens with one attached hydrogen (secondary N) is 1. The molecule has 0 saturated heterocycles. The van der Waals surface area contributed by atoms with Crippen molar-refractivity contribution >= 4 is 44.6 Å². The normalized spacial score (nSPS) is 14.4. The molecule has 0 fully saturated rings. The molecule has 1 aromatic heterocycles. The molecule has 0 aliphatic carbocycles. The first kappa shape index (κ1) is 19.4. The molecule has 2 aromatic carbocycles. The maximum Gasteiger partial charge on any atom is 0.261 e. The first-order chi connectivity index (χ1) is 13.9. The Morgan fingerprint density at radius 3 is 2.62 bits per heavy atom.